The maximum atomic E-state index is 13.0. The average Bonchev–Trinajstić information content (AvgIpc) is 3.02. The first-order chi connectivity index (χ1) is 21.6. The molecular weight excluding hydrogens is 576 g/mol. The molecule has 0 unspecified atom stereocenters. The van der Waals surface area contributed by atoms with E-state index in [-0.39, 0.29) is 17.7 Å². The molecule has 0 saturated carbocycles. The van der Waals surface area contributed by atoms with Gasteiger partial charge in [-0.3, -0.25) is 14.6 Å². The van der Waals surface area contributed by atoms with E-state index in [2.05, 4.69) is 25.5 Å². The maximum absolute atomic E-state index is 13.0. The number of hydrogen-bond acceptors (Lipinski definition) is 9. The van der Waals surface area contributed by atoms with Gasteiger partial charge in [0.1, 0.15) is 11.5 Å². The van der Waals surface area contributed by atoms with Gasteiger partial charge in [0.25, 0.3) is 5.91 Å². The number of amides is 2. The van der Waals surface area contributed by atoms with Crippen LogP contribution in [0.5, 0.6) is 17.4 Å². The van der Waals surface area contributed by atoms with Gasteiger partial charge in [0.15, 0.2) is 0 Å². The Morgan fingerprint density at radius 2 is 1.80 bits per heavy atom. The number of aromatic nitrogens is 2. The van der Waals surface area contributed by atoms with E-state index in [9.17, 15) is 14.7 Å². The molecule has 1 aliphatic rings. The van der Waals surface area contributed by atoms with Crippen LogP contribution in [0.25, 0.3) is 10.8 Å². The van der Waals surface area contributed by atoms with Crippen molar-refractivity contribution < 1.29 is 28.9 Å². The second-order valence-corrected chi connectivity index (χ2v) is 11.5. The normalized spacial score (nSPS) is 13.7. The number of carbonyl (C=O) groups is 2. The zero-order valence-corrected chi connectivity index (χ0v) is 25.9. The van der Waals surface area contributed by atoms with Crippen LogP contribution in [-0.4, -0.2) is 84.0 Å². The number of carbonyl (C=O) groups excluding carboxylic acids is 1. The molecule has 0 radical (unpaired) electrons. The summed E-state index contributed by atoms with van der Waals surface area (Å²) in [6, 6.07) is 17.7. The number of morpholine rings is 1. The highest BCUT2D eigenvalue weighted by molar-refractivity contribution is 6.04. The third-order valence-corrected chi connectivity index (χ3v) is 7.29. The smallest absolute Gasteiger partial charge is 0.412 e. The summed E-state index contributed by atoms with van der Waals surface area (Å²) in [6.07, 6.45) is 0.519. The van der Waals surface area contributed by atoms with Gasteiger partial charge < -0.3 is 30.0 Å². The fraction of sp³-hybridized carbons (Fsp3) is 0.333. The Morgan fingerprint density at radius 3 is 2.51 bits per heavy atom. The number of methoxy groups -OCH3 is 1. The van der Waals surface area contributed by atoms with Gasteiger partial charge in [0.05, 0.1) is 26.0 Å². The highest BCUT2D eigenvalue weighted by Gasteiger charge is 2.29. The van der Waals surface area contributed by atoms with Gasteiger partial charge in [-0.2, -0.15) is 4.98 Å². The lowest BCUT2D eigenvalue weighted by Crippen LogP contribution is -2.45. The molecule has 2 amide bonds. The van der Waals surface area contributed by atoms with E-state index < -0.39 is 11.6 Å². The topological polar surface area (TPSA) is 138 Å². The molecule has 0 spiro atoms. The molecule has 5 rings (SSSR count). The van der Waals surface area contributed by atoms with Crippen LogP contribution < -0.4 is 25.0 Å². The van der Waals surface area contributed by atoms with Gasteiger partial charge in [-0.25, -0.2) is 9.78 Å². The highest BCUT2D eigenvalue weighted by atomic mass is 16.5. The van der Waals surface area contributed by atoms with Crippen molar-refractivity contribution in [2.75, 3.05) is 56.7 Å². The summed E-state index contributed by atoms with van der Waals surface area (Å²) in [7, 11) is 1.54. The number of anilines is 3. The van der Waals surface area contributed by atoms with Crippen LogP contribution in [0.1, 0.15) is 31.1 Å². The molecular formula is C33H38N6O6. The van der Waals surface area contributed by atoms with Gasteiger partial charge in [-0.1, -0.05) is 24.3 Å². The van der Waals surface area contributed by atoms with E-state index >= 15 is 0 Å². The van der Waals surface area contributed by atoms with Gasteiger partial charge in [-0.15, -0.1) is 0 Å². The summed E-state index contributed by atoms with van der Waals surface area (Å²) >= 11 is 0. The Hall–Kier alpha value is -4.94. The summed E-state index contributed by atoms with van der Waals surface area (Å²) in [6.45, 7) is 9.93. The van der Waals surface area contributed by atoms with Crippen molar-refractivity contribution in [2.45, 2.75) is 26.3 Å². The SMILES string of the molecule is COc1cc(Nc2nccc(Oc3ccc(N(C(=O)O)C(C)(C)C)c4ccccc34)n2)cc(C(=O)NCCN2CCOCC2)c1. The van der Waals surface area contributed by atoms with E-state index in [0.29, 0.717) is 48.2 Å². The lowest BCUT2D eigenvalue weighted by molar-refractivity contribution is 0.0383. The van der Waals surface area contributed by atoms with E-state index in [4.69, 9.17) is 14.2 Å². The van der Waals surface area contributed by atoms with Crippen molar-refractivity contribution in [1.82, 2.24) is 20.2 Å². The fourth-order valence-corrected chi connectivity index (χ4v) is 5.17. The molecule has 1 aromatic heterocycles. The number of nitrogens with zero attached hydrogens (tertiary/aromatic N) is 4. The molecule has 0 aliphatic carbocycles. The second kappa shape index (κ2) is 13.8. The van der Waals surface area contributed by atoms with Crippen LogP contribution in [0.4, 0.5) is 22.1 Å². The third-order valence-electron chi connectivity index (χ3n) is 7.29. The predicted octanol–water partition coefficient (Wildman–Crippen LogP) is 5.52. The Kier molecular flexibility index (Phi) is 9.65. The lowest BCUT2D eigenvalue weighted by atomic mass is 10.0. The summed E-state index contributed by atoms with van der Waals surface area (Å²) < 4.78 is 17.0. The number of nitrogens with one attached hydrogen (secondary N) is 2. The molecule has 12 nitrogen and oxygen atoms in total. The van der Waals surface area contributed by atoms with Crippen molar-refractivity contribution in [3.63, 3.8) is 0 Å². The quantitative estimate of drug-likeness (QED) is 0.209. The minimum absolute atomic E-state index is 0.216. The van der Waals surface area contributed by atoms with Crippen molar-refractivity contribution in [2.24, 2.45) is 0 Å². The largest absolute Gasteiger partial charge is 0.497 e. The first-order valence-corrected chi connectivity index (χ1v) is 14.7. The molecule has 12 heteroatoms. The first kappa shape index (κ1) is 31.5. The van der Waals surface area contributed by atoms with Gasteiger partial charge in [0.2, 0.25) is 11.8 Å². The molecule has 1 fully saturated rings. The summed E-state index contributed by atoms with van der Waals surface area (Å²) in [5, 5.41) is 17.6. The number of rotatable bonds is 10. The second-order valence-electron chi connectivity index (χ2n) is 11.5. The van der Waals surface area contributed by atoms with Crippen LogP contribution >= 0.6 is 0 Å². The van der Waals surface area contributed by atoms with Crippen LogP contribution in [-0.2, 0) is 4.74 Å². The van der Waals surface area contributed by atoms with E-state index in [1.807, 2.05) is 45.0 Å². The number of benzene rings is 3. The predicted molar refractivity (Wildman–Crippen MR) is 172 cm³/mol. The molecule has 236 valence electrons. The van der Waals surface area contributed by atoms with Crippen LogP contribution in [0.15, 0.2) is 66.9 Å². The van der Waals surface area contributed by atoms with Crippen molar-refractivity contribution in [1.29, 1.82) is 0 Å². The standard InChI is InChI=1S/C33H38N6O6/c1-33(2,3)39(32(41)42)27-9-10-28(26-8-6-5-7-25(26)27)45-29-11-12-35-31(37-29)36-23-19-22(20-24(21-23)43-4)30(40)34-13-14-38-15-17-44-18-16-38/h5-12,19-21H,13-18H2,1-4H3,(H,34,40)(H,41,42)(H,35,36,37). The lowest BCUT2D eigenvalue weighted by Gasteiger charge is -2.34. The average molecular weight is 615 g/mol. The van der Waals surface area contributed by atoms with Gasteiger partial charge in [0, 0.05) is 72.1 Å². The molecule has 1 aliphatic heterocycles. The monoisotopic (exact) mass is 614 g/mol. The van der Waals surface area contributed by atoms with Crippen LogP contribution in [0.2, 0.25) is 0 Å². The fourth-order valence-electron chi connectivity index (χ4n) is 5.17. The van der Waals surface area contributed by atoms with Crippen molar-refractivity contribution >= 4 is 40.1 Å². The molecule has 3 aromatic carbocycles. The summed E-state index contributed by atoms with van der Waals surface area (Å²) in [4.78, 5) is 37.6. The number of fused-ring (bicyclic) bond motifs is 1. The minimum atomic E-state index is -1.04. The zero-order chi connectivity index (χ0) is 32.0. The number of ether oxygens (including phenoxy) is 3. The minimum Gasteiger partial charge on any atom is -0.497 e. The molecule has 0 atom stereocenters. The molecule has 2 heterocycles. The molecule has 4 aromatic rings. The Labute approximate surface area is 261 Å². The molecule has 45 heavy (non-hydrogen) atoms. The Bertz CT molecular complexity index is 1670. The molecule has 0 bridgehead atoms. The zero-order valence-electron chi connectivity index (χ0n) is 25.9. The van der Waals surface area contributed by atoms with Gasteiger partial charge >= 0.3 is 6.09 Å². The third kappa shape index (κ3) is 7.78. The maximum Gasteiger partial charge on any atom is 0.412 e. The summed E-state index contributed by atoms with van der Waals surface area (Å²) in [5.74, 6) is 1.33. The van der Waals surface area contributed by atoms with Gasteiger partial charge in [-0.05, 0) is 45.0 Å². The molecule has 3 N–H and O–H groups in total. The van der Waals surface area contributed by atoms with Crippen LogP contribution in [0.3, 0.4) is 0 Å². The van der Waals surface area contributed by atoms with E-state index in [1.165, 1.54) is 12.0 Å². The number of carboxylic acid groups (broad SMARTS) is 1. The number of hydrogen-bond donors (Lipinski definition) is 3. The summed E-state index contributed by atoms with van der Waals surface area (Å²) in [5.41, 5.74) is 0.898. The Balaban J connectivity index is 1.33. The molecule has 1 saturated heterocycles. The van der Waals surface area contributed by atoms with Crippen LogP contribution in [0, 0.1) is 0 Å². The van der Waals surface area contributed by atoms with E-state index in [1.54, 1.807) is 42.6 Å². The van der Waals surface area contributed by atoms with Crippen molar-refractivity contribution in [3.05, 3.63) is 72.4 Å². The van der Waals surface area contributed by atoms with Crippen molar-refractivity contribution in [3.8, 4) is 17.4 Å². The Morgan fingerprint density at radius 1 is 1.04 bits per heavy atom. The highest BCUT2D eigenvalue weighted by Crippen LogP contribution is 2.38. The first-order valence-electron chi connectivity index (χ1n) is 14.7. The van der Waals surface area contributed by atoms with E-state index in [0.717, 1.165) is 30.4 Å².